The molecule has 0 aliphatic rings. The van der Waals surface area contributed by atoms with Gasteiger partial charge in [0.05, 0.1) is 11.3 Å². The molecule has 0 radical (unpaired) electrons. The lowest BCUT2D eigenvalue weighted by molar-refractivity contribution is 0.102. The van der Waals surface area contributed by atoms with Crippen LogP contribution < -0.4 is 5.32 Å². The van der Waals surface area contributed by atoms with Gasteiger partial charge in [0, 0.05) is 17.9 Å². The van der Waals surface area contributed by atoms with E-state index in [1.54, 1.807) is 18.2 Å². The van der Waals surface area contributed by atoms with Gasteiger partial charge < -0.3 is 5.32 Å². The summed E-state index contributed by atoms with van der Waals surface area (Å²) in [7, 11) is 0. The molecule has 0 aliphatic carbocycles. The first kappa shape index (κ1) is 16.1. The molecule has 0 fully saturated rings. The van der Waals surface area contributed by atoms with Crippen molar-refractivity contribution in [3.8, 4) is 0 Å². The molecule has 0 unspecified atom stereocenters. The average molecular weight is 531 g/mol. The molecule has 0 bridgehead atoms. The number of amides is 1. The fraction of sp³-hybridized carbons (Fsp3) is 0. The molecule has 0 aliphatic heterocycles. The van der Waals surface area contributed by atoms with E-state index in [1.807, 2.05) is 0 Å². The lowest BCUT2D eigenvalue weighted by Crippen LogP contribution is -2.15. The fourth-order valence-electron chi connectivity index (χ4n) is 1.55. The lowest BCUT2D eigenvalue weighted by atomic mass is 10.2. The first-order valence-corrected chi connectivity index (χ1v) is 8.47. The van der Waals surface area contributed by atoms with Crippen molar-refractivity contribution < 1.29 is 9.18 Å². The highest BCUT2D eigenvalue weighted by atomic mass is 79.9. The molecular formula is C13H6Br4FNO. The van der Waals surface area contributed by atoms with Crippen LogP contribution in [0.5, 0.6) is 0 Å². The van der Waals surface area contributed by atoms with Crippen LogP contribution in [0.3, 0.4) is 0 Å². The molecule has 0 aromatic heterocycles. The molecular weight excluding hydrogens is 525 g/mol. The number of nitrogens with one attached hydrogen (secondary N) is 1. The number of hydrogen-bond donors (Lipinski definition) is 1. The van der Waals surface area contributed by atoms with Crippen molar-refractivity contribution in [2.45, 2.75) is 0 Å². The second-order valence-corrected chi connectivity index (χ2v) is 7.27. The second kappa shape index (κ2) is 6.68. The molecule has 7 heteroatoms. The van der Waals surface area contributed by atoms with E-state index in [2.05, 4.69) is 69.0 Å². The Morgan fingerprint density at radius 2 is 1.60 bits per heavy atom. The molecule has 0 spiro atoms. The Bertz CT molecular complexity index is 647. The van der Waals surface area contributed by atoms with Crippen LogP contribution in [0.4, 0.5) is 10.1 Å². The summed E-state index contributed by atoms with van der Waals surface area (Å²) < 4.78 is 16.4. The minimum Gasteiger partial charge on any atom is -0.320 e. The van der Waals surface area contributed by atoms with E-state index in [0.29, 0.717) is 19.1 Å². The summed E-state index contributed by atoms with van der Waals surface area (Å²) in [6.07, 6.45) is 0. The van der Waals surface area contributed by atoms with Crippen molar-refractivity contribution in [1.82, 2.24) is 0 Å². The van der Waals surface area contributed by atoms with Gasteiger partial charge in [-0.2, -0.15) is 0 Å². The van der Waals surface area contributed by atoms with E-state index < -0.39 is 11.7 Å². The van der Waals surface area contributed by atoms with Gasteiger partial charge in [0.2, 0.25) is 0 Å². The number of halogens is 5. The van der Waals surface area contributed by atoms with Crippen LogP contribution in [0.15, 0.2) is 48.2 Å². The molecule has 2 rings (SSSR count). The van der Waals surface area contributed by atoms with Gasteiger partial charge in [-0.15, -0.1) is 0 Å². The van der Waals surface area contributed by atoms with Crippen LogP contribution in [0.2, 0.25) is 0 Å². The second-order valence-electron chi connectivity index (χ2n) is 3.80. The SMILES string of the molecule is O=C(Nc1c(Br)cc(Br)cc1Br)c1c(F)cccc1Br. The Morgan fingerprint density at radius 3 is 2.15 bits per heavy atom. The van der Waals surface area contributed by atoms with E-state index in [-0.39, 0.29) is 5.56 Å². The van der Waals surface area contributed by atoms with E-state index in [0.717, 1.165) is 4.47 Å². The summed E-state index contributed by atoms with van der Waals surface area (Å²) >= 11 is 13.2. The molecule has 0 saturated heterocycles. The van der Waals surface area contributed by atoms with E-state index in [4.69, 9.17) is 0 Å². The average Bonchev–Trinajstić information content (AvgIpc) is 2.33. The van der Waals surface area contributed by atoms with Gasteiger partial charge >= 0.3 is 0 Å². The highest BCUT2D eigenvalue weighted by Crippen LogP contribution is 2.35. The van der Waals surface area contributed by atoms with Crippen LogP contribution >= 0.6 is 63.7 Å². The van der Waals surface area contributed by atoms with Gasteiger partial charge in [0.25, 0.3) is 5.91 Å². The number of benzene rings is 2. The van der Waals surface area contributed by atoms with E-state index in [1.165, 1.54) is 12.1 Å². The zero-order valence-electron chi connectivity index (χ0n) is 9.68. The Labute approximate surface area is 148 Å². The topological polar surface area (TPSA) is 29.1 Å². The van der Waals surface area contributed by atoms with Crippen molar-refractivity contribution in [1.29, 1.82) is 0 Å². The van der Waals surface area contributed by atoms with Gasteiger partial charge in [0.1, 0.15) is 5.82 Å². The quantitative estimate of drug-likeness (QED) is 0.497. The minimum absolute atomic E-state index is 0.0331. The lowest BCUT2D eigenvalue weighted by Gasteiger charge is -2.11. The maximum absolute atomic E-state index is 13.7. The van der Waals surface area contributed by atoms with Crippen LogP contribution in [-0.2, 0) is 0 Å². The van der Waals surface area contributed by atoms with Gasteiger partial charge in [-0.25, -0.2) is 4.39 Å². The predicted octanol–water partition coefficient (Wildman–Crippen LogP) is 6.13. The van der Waals surface area contributed by atoms with E-state index in [9.17, 15) is 9.18 Å². The highest BCUT2D eigenvalue weighted by Gasteiger charge is 2.18. The Kier molecular flexibility index (Phi) is 5.39. The Morgan fingerprint density at radius 1 is 1.00 bits per heavy atom. The summed E-state index contributed by atoms with van der Waals surface area (Å²) in [5, 5.41) is 2.68. The number of hydrogen-bond acceptors (Lipinski definition) is 1. The maximum atomic E-state index is 13.7. The van der Waals surface area contributed by atoms with E-state index >= 15 is 0 Å². The Hall–Kier alpha value is -0.240. The minimum atomic E-state index is -0.582. The maximum Gasteiger partial charge on any atom is 0.259 e. The first-order chi connectivity index (χ1) is 9.40. The van der Waals surface area contributed by atoms with Crippen LogP contribution in [0.25, 0.3) is 0 Å². The van der Waals surface area contributed by atoms with Crippen molar-refractivity contribution in [3.05, 3.63) is 59.6 Å². The largest absolute Gasteiger partial charge is 0.320 e. The molecule has 2 nitrogen and oxygen atoms in total. The normalized spacial score (nSPS) is 10.4. The molecule has 0 heterocycles. The van der Waals surface area contributed by atoms with Crippen LogP contribution in [-0.4, -0.2) is 5.91 Å². The van der Waals surface area contributed by atoms with Crippen molar-refractivity contribution >= 4 is 75.3 Å². The summed E-state index contributed by atoms with van der Waals surface area (Å²) in [4.78, 5) is 12.2. The molecule has 1 amide bonds. The first-order valence-electron chi connectivity index (χ1n) is 5.30. The molecule has 1 N–H and O–H groups in total. The molecule has 0 saturated carbocycles. The predicted molar refractivity (Wildman–Crippen MR) is 91.6 cm³/mol. The third-order valence-corrected chi connectivity index (χ3v) is 4.80. The molecule has 0 atom stereocenters. The van der Waals surface area contributed by atoms with Crippen LogP contribution in [0.1, 0.15) is 10.4 Å². The number of carbonyl (C=O) groups is 1. The number of anilines is 1. The van der Waals surface area contributed by atoms with Gasteiger partial charge in [-0.3, -0.25) is 4.79 Å². The summed E-state index contributed by atoms with van der Waals surface area (Å²) in [5.41, 5.74) is 0.502. The van der Waals surface area contributed by atoms with Crippen LogP contribution in [0, 0.1) is 5.82 Å². The molecule has 2 aromatic rings. The van der Waals surface area contributed by atoms with Crippen molar-refractivity contribution in [2.75, 3.05) is 5.32 Å². The molecule has 2 aromatic carbocycles. The molecule has 104 valence electrons. The number of rotatable bonds is 2. The fourth-order valence-corrected chi connectivity index (χ4v) is 4.53. The highest BCUT2D eigenvalue weighted by molar-refractivity contribution is 9.11. The standard InChI is InChI=1S/C13H6Br4FNO/c14-6-4-8(16)12(9(17)5-6)19-13(20)11-7(15)2-1-3-10(11)18/h1-5H,(H,19,20). The molecule has 20 heavy (non-hydrogen) atoms. The third kappa shape index (κ3) is 3.50. The van der Waals surface area contributed by atoms with Crippen molar-refractivity contribution in [2.24, 2.45) is 0 Å². The zero-order chi connectivity index (χ0) is 14.9. The Balaban J connectivity index is 2.38. The van der Waals surface area contributed by atoms with Gasteiger partial charge in [-0.05, 0) is 72.1 Å². The summed E-state index contributed by atoms with van der Waals surface area (Å²) in [6.45, 7) is 0. The summed E-state index contributed by atoms with van der Waals surface area (Å²) in [5.74, 6) is -1.11. The summed E-state index contributed by atoms with van der Waals surface area (Å²) in [6, 6.07) is 7.96. The number of carbonyl (C=O) groups excluding carboxylic acids is 1. The van der Waals surface area contributed by atoms with Crippen molar-refractivity contribution in [3.63, 3.8) is 0 Å². The van der Waals surface area contributed by atoms with Gasteiger partial charge in [0.15, 0.2) is 0 Å². The zero-order valence-corrected chi connectivity index (χ0v) is 16.0. The monoisotopic (exact) mass is 527 g/mol. The third-order valence-electron chi connectivity index (χ3n) is 2.44. The van der Waals surface area contributed by atoms with Gasteiger partial charge in [-0.1, -0.05) is 22.0 Å². The smallest absolute Gasteiger partial charge is 0.259 e.